The number of alkyl carbamates (subject to hydrolysis) is 1. The zero-order valence-electron chi connectivity index (χ0n) is 18.2. The predicted octanol–water partition coefficient (Wildman–Crippen LogP) is 3.46. The van der Waals surface area contributed by atoms with Crippen molar-refractivity contribution >= 4 is 21.8 Å². The van der Waals surface area contributed by atoms with Gasteiger partial charge in [0.25, 0.3) is 5.91 Å². The summed E-state index contributed by atoms with van der Waals surface area (Å²) in [7, 11) is -3.51. The number of ether oxygens (including phenoxy) is 1. The van der Waals surface area contributed by atoms with Crippen LogP contribution in [0.5, 0.6) is 5.75 Å². The Hall–Kier alpha value is -2.29. The van der Waals surface area contributed by atoms with Crippen LogP contribution in [0.2, 0.25) is 0 Å². The fraction of sp³-hybridized carbons (Fsp3) is 0.636. The van der Waals surface area contributed by atoms with Crippen LogP contribution in [0.25, 0.3) is 0 Å². The van der Waals surface area contributed by atoms with E-state index in [1.807, 2.05) is 0 Å². The smallest absolute Gasteiger partial charge is 0.407 e. The first kappa shape index (κ1) is 23.4. The quantitative estimate of drug-likeness (QED) is 0.455. The largest absolute Gasteiger partial charge is 0.450 e. The molecule has 2 fully saturated rings. The molecule has 1 aliphatic heterocycles. The van der Waals surface area contributed by atoms with Gasteiger partial charge in [0.05, 0.1) is 12.6 Å². The maximum absolute atomic E-state index is 12.4. The molecular weight excluding hydrogens is 420 g/mol. The highest BCUT2D eigenvalue weighted by molar-refractivity contribution is 7.90. The maximum Gasteiger partial charge on any atom is 0.407 e. The van der Waals surface area contributed by atoms with Gasteiger partial charge >= 0.3 is 6.09 Å². The highest BCUT2D eigenvalue weighted by Crippen LogP contribution is 2.29. The van der Waals surface area contributed by atoms with Gasteiger partial charge in [-0.3, -0.25) is 4.79 Å². The standard InChI is InChI=1S/C22H32N2O6S/c1-16-20(23-22(26)29-15-9-8-12-17-10-4-3-5-11-17)21(25)24(16)30-18-13-6-7-14-19(18)31(2,27)28/h6-7,13-14,16-17,20H,3-5,8-12,15H2,1-2H3,(H,23,26)/t16-,20-/m0/s1. The Balaban J connectivity index is 1.40. The molecular formula is C22H32N2O6S. The number of sulfone groups is 1. The van der Waals surface area contributed by atoms with Crippen molar-refractivity contribution in [1.82, 2.24) is 10.4 Å². The number of hydrogen-bond donors (Lipinski definition) is 1. The van der Waals surface area contributed by atoms with E-state index in [1.165, 1.54) is 50.7 Å². The minimum Gasteiger partial charge on any atom is -0.450 e. The second-order valence-corrected chi connectivity index (χ2v) is 10.5. The monoisotopic (exact) mass is 452 g/mol. The number of nitrogens with zero attached hydrogens (tertiary/aromatic N) is 1. The Kier molecular flexibility index (Phi) is 7.80. The van der Waals surface area contributed by atoms with Crippen molar-refractivity contribution in [2.24, 2.45) is 5.92 Å². The van der Waals surface area contributed by atoms with Crippen LogP contribution in [-0.4, -0.2) is 50.4 Å². The molecule has 2 amide bonds. The molecule has 0 unspecified atom stereocenters. The molecule has 1 N–H and O–H groups in total. The average Bonchev–Trinajstić information content (AvgIpc) is 2.75. The first-order chi connectivity index (χ1) is 14.8. The second-order valence-electron chi connectivity index (χ2n) is 8.47. The van der Waals surface area contributed by atoms with E-state index < -0.39 is 33.9 Å². The molecule has 9 heteroatoms. The fourth-order valence-corrected chi connectivity index (χ4v) is 4.99. The van der Waals surface area contributed by atoms with Crippen LogP contribution in [0.4, 0.5) is 4.79 Å². The van der Waals surface area contributed by atoms with Gasteiger partial charge in [-0.2, -0.15) is 5.06 Å². The van der Waals surface area contributed by atoms with E-state index in [1.54, 1.807) is 19.1 Å². The SMILES string of the molecule is C[C@H]1[C@H](NC(=O)OCCCCC2CCCCC2)C(=O)N1Oc1ccccc1S(C)(=O)=O. The first-order valence-electron chi connectivity index (χ1n) is 11.0. The number of carbonyl (C=O) groups is 2. The summed E-state index contributed by atoms with van der Waals surface area (Å²) in [5.41, 5.74) is 0. The summed E-state index contributed by atoms with van der Waals surface area (Å²) >= 11 is 0. The van der Waals surface area contributed by atoms with Gasteiger partial charge in [-0.05, 0) is 37.8 Å². The van der Waals surface area contributed by atoms with Crippen molar-refractivity contribution in [3.05, 3.63) is 24.3 Å². The summed E-state index contributed by atoms with van der Waals surface area (Å²) < 4.78 is 29.0. The molecule has 0 bridgehead atoms. The normalized spacial score (nSPS) is 22.0. The Bertz CT molecular complexity index is 882. The van der Waals surface area contributed by atoms with E-state index >= 15 is 0 Å². The lowest BCUT2D eigenvalue weighted by atomic mass is 9.86. The third kappa shape index (κ3) is 6.12. The number of nitrogens with one attached hydrogen (secondary N) is 1. The van der Waals surface area contributed by atoms with E-state index in [0.717, 1.165) is 30.1 Å². The number of β-lactam (4-membered cyclic amide) rings is 1. The van der Waals surface area contributed by atoms with Crippen LogP contribution in [0.15, 0.2) is 29.2 Å². The van der Waals surface area contributed by atoms with Crippen molar-refractivity contribution < 1.29 is 27.6 Å². The molecule has 1 aliphatic carbocycles. The minimum absolute atomic E-state index is 0.000884. The Morgan fingerprint density at radius 1 is 1.16 bits per heavy atom. The fourth-order valence-electron chi connectivity index (χ4n) is 4.19. The van der Waals surface area contributed by atoms with Gasteiger partial charge in [0, 0.05) is 6.26 Å². The van der Waals surface area contributed by atoms with Gasteiger partial charge < -0.3 is 14.9 Å². The molecule has 3 rings (SSSR count). The van der Waals surface area contributed by atoms with Crippen molar-refractivity contribution in [2.45, 2.75) is 75.3 Å². The van der Waals surface area contributed by atoms with Gasteiger partial charge in [0.2, 0.25) is 0 Å². The molecule has 1 heterocycles. The maximum atomic E-state index is 12.4. The summed E-state index contributed by atoms with van der Waals surface area (Å²) in [4.78, 5) is 30.0. The zero-order valence-corrected chi connectivity index (χ0v) is 19.0. The van der Waals surface area contributed by atoms with Crippen LogP contribution < -0.4 is 10.2 Å². The third-order valence-electron chi connectivity index (χ3n) is 6.02. The van der Waals surface area contributed by atoms with Crippen molar-refractivity contribution in [3.63, 3.8) is 0 Å². The number of hydroxylamine groups is 2. The average molecular weight is 453 g/mol. The predicted molar refractivity (Wildman–Crippen MR) is 115 cm³/mol. The molecule has 0 spiro atoms. The van der Waals surface area contributed by atoms with E-state index in [9.17, 15) is 18.0 Å². The van der Waals surface area contributed by atoms with E-state index in [-0.39, 0.29) is 10.6 Å². The molecule has 2 atom stereocenters. The lowest BCUT2D eigenvalue weighted by Gasteiger charge is -2.43. The van der Waals surface area contributed by atoms with Gasteiger partial charge in [0.1, 0.15) is 10.9 Å². The highest BCUT2D eigenvalue weighted by atomic mass is 32.2. The molecule has 0 aromatic heterocycles. The van der Waals surface area contributed by atoms with Gasteiger partial charge in [-0.1, -0.05) is 50.7 Å². The molecule has 1 saturated heterocycles. The number of hydrogen-bond acceptors (Lipinski definition) is 6. The number of amides is 2. The molecule has 8 nitrogen and oxygen atoms in total. The number of para-hydroxylation sites is 1. The van der Waals surface area contributed by atoms with Crippen LogP contribution in [0.3, 0.4) is 0 Å². The van der Waals surface area contributed by atoms with E-state index in [0.29, 0.717) is 6.61 Å². The molecule has 172 valence electrons. The van der Waals surface area contributed by atoms with Crippen molar-refractivity contribution in [1.29, 1.82) is 0 Å². The van der Waals surface area contributed by atoms with Crippen LogP contribution >= 0.6 is 0 Å². The molecule has 1 aromatic rings. The Labute approximate surface area is 184 Å². The lowest BCUT2D eigenvalue weighted by Crippen LogP contribution is -2.70. The Morgan fingerprint density at radius 2 is 1.87 bits per heavy atom. The van der Waals surface area contributed by atoms with Crippen LogP contribution in [0, 0.1) is 5.92 Å². The molecule has 2 aliphatic rings. The summed E-state index contributed by atoms with van der Waals surface area (Å²) in [6.07, 6.45) is 10.1. The van der Waals surface area contributed by atoms with Gasteiger partial charge in [-0.15, -0.1) is 0 Å². The zero-order chi connectivity index (χ0) is 22.4. The van der Waals surface area contributed by atoms with Crippen LogP contribution in [-0.2, 0) is 19.4 Å². The first-order valence-corrected chi connectivity index (χ1v) is 12.9. The topological polar surface area (TPSA) is 102 Å². The number of unbranched alkanes of at least 4 members (excludes halogenated alkanes) is 1. The highest BCUT2D eigenvalue weighted by Gasteiger charge is 2.48. The minimum atomic E-state index is -3.51. The molecule has 1 saturated carbocycles. The number of carbonyl (C=O) groups excluding carboxylic acids is 2. The molecule has 31 heavy (non-hydrogen) atoms. The Morgan fingerprint density at radius 3 is 2.55 bits per heavy atom. The van der Waals surface area contributed by atoms with Gasteiger partial charge in [-0.25, -0.2) is 13.2 Å². The summed E-state index contributed by atoms with van der Waals surface area (Å²) in [6.45, 7) is 2.04. The number of benzene rings is 1. The lowest BCUT2D eigenvalue weighted by molar-refractivity contribution is -0.195. The molecule has 1 aromatic carbocycles. The second kappa shape index (κ2) is 10.3. The van der Waals surface area contributed by atoms with E-state index in [2.05, 4.69) is 5.32 Å². The van der Waals surface area contributed by atoms with Crippen molar-refractivity contribution in [3.8, 4) is 5.75 Å². The van der Waals surface area contributed by atoms with E-state index in [4.69, 9.17) is 9.57 Å². The summed E-state index contributed by atoms with van der Waals surface area (Å²) in [5.74, 6) is 0.434. The van der Waals surface area contributed by atoms with Crippen molar-refractivity contribution in [2.75, 3.05) is 12.9 Å². The van der Waals surface area contributed by atoms with Gasteiger partial charge in [0.15, 0.2) is 15.6 Å². The van der Waals surface area contributed by atoms with Crippen LogP contribution in [0.1, 0.15) is 58.3 Å². The summed E-state index contributed by atoms with van der Waals surface area (Å²) in [6, 6.07) is 4.89. The third-order valence-corrected chi connectivity index (χ3v) is 7.16. The summed E-state index contributed by atoms with van der Waals surface area (Å²) in [5, 5.41) is 3.63. The number of rotatable bonds is 9. The molecule has 0 radical (unpaired) electrons.